The van der Waals surface area contributed by atoms with Gasteiger partial charge in [-0.2, -0.15) is 0 Å². The minimum absolute atomic E-state index is 0.128. The summed E-state index contributed by atoms with van der Waals surface area (Å²) in [6, 6.07) is 0. The molecule has 124 valence electrons. The lowest BCUT2D eigenvalue weighted by atomic mass is 10.2. The van der Waals surface area contributed by atoms with Gasteiger partial charge in [0.2, 0.25) is 0 Å². The fraction of sp³-hybridized carbons (Fsp3) is 0.857. The molecule has 0 aromatic heterocycles. The lowest BCUT2D eigenvalue weighted by Crippen LogP contribution is -2.47. The minimum Gasteiger partial charge on any atom is -0.443 e. The maximum Gasteiger partial charge on any atom is 0.419 e. The zero-order valence-corrected chi connectivity index (χ0v) is 14.2. The third-order valence-corrected chi connectivity index (χ3v) is 2.09. The highest BCUT2D eigenvalue weighted by molar-refractivity contribution is 5.88. The van der Waals surface area contributed by atoms with Crippen molar-refractivity contribution in [2.45, 2.75) is 59.0 Å². The first kappa shape index (κ1) is 19.7. The van der Waals surface area contributed by atoms with Gasteiger partial charge in [-0.05, 0) is 41.5 Å². The second kappa shape index (κ2) is 7.61. The second-order valence-electron chi connectivity index (χ2n) is 6.47. The molecule has 0 rings (SSSR count). The van der Waals surface area contributed by atoms with Crippen LogP contribution in [-0.4, -0.2) is 55.3 Å². The van der Waals surface area contributed by atoms with E-state index in [0.29, 0.717) is 0 Å². The number of hydrogen-bond acceptors (Lipinski definition) is 6. The van der Waals surface area contributed by atoms with Crippen LogP contribution in [0.2, 0.25) is 0 Å². The van der Waals surface area contributed by atoms with Crippen molar-refractivity contribution >= 4 is 12.2 Å². The van der Waals surface area contributed by atoms with Gasteiger partial charge in [-0.25, -0.2) is 14.5 Å². The molecule has 0 unspecified atom stereocenters. The Bertz CT molecular complexity index is 323. The Balaban J connectivity index is 5.08. The summed E-state index contributed by atoms with van der Waals surface area (Å²) in [7, 11) is 2.83. The van der Waals surface area contributed by atoms with E-state index < -0.39 is 29.7 Å². The van der Waals surface area contributed by atoms with Crippen molar-refractivity contribution in [2.24, 2.45) is 0 Å². The van der Waals surface area contributed by atoms with E-state index in [1.54, 1.807) is 41.5 Å². The molecule has 0 atom stereocenters. The fourth-order valence-electron chi connectivity index (χ4n) is 1.25. The molecule has 0 saturated heterocycles. The Morgan fingerprint density at radius 1 is 0.857 bits per heavy atom. The van der Waals surface area contributed by atoms with Crippen LogP contribution in [0.5, 0.6) is 0 Å². The molecule has 0 heterocycles. The monoisotopic (exact) mass is 305 g/mol. The zero-order chi connectivity index (χ0) is 16.8. The number of hydrogen-bond donors (Lipinski definition) is 0. The number of methoxy groups -OCH3 is 2. The number of ether oxygens (including phenoxy) is 4. The average molecular weight is 305 g/mol. The van der Waals surface area contributed by atoms with E-state index in [4.69, 9.17) is 18.9 Å². The Kier molecular flexibility index (Phi) is 7.12. The molecular formula is C14H27NO6. The van der Waals surface area contributed by atoms with Gasteiger partial charge >= 0.3 is 12.2 Å². The van der Waals surface area contributed by atoms with Crippen LogP contribution in [0.3, 0.4) is 0 Å². The van der Waals surface area contributed by atoms with Crippen LogP contribution >= 0.6 is 0 Å². The maximum absolute atomic E-state index is 12.1. The van der Waals surface area contributed by atoms with Crippen LogP contribution in [0.4, 0.5) is 9.59 Å². The van der Waals surface area contributed by atoms with Gasteiger partial charge in [0.15, 0.2) is 6.29 Å². The lowest BCUT2D eigenvalue weighted by Gasteiger charge is -2.30. The van der Waals surface area contributed by atoms with Gasteiger partial charge in [0, 0.05) is 14.2 Å². The van der Waals surface area contributed by atoms with E-state index in [1.807, 2.05) is 0 Å². The summed E-state index contributed by atoms with van der Waals surface area (Å²) in [6.45, 7) is 10.1. The van der Waals surface area contributed by atoms with Crippen molar-refractivity contribution in [2.75, 3.05) is 20.8 Å². The smallest absolute Gasteiger partial charge is 0.419 e. The van der Waals surface area contributed by atoms with E-state index in [2.05, 4.69) is 0 Å². The van der Waals surface area contributed by atoms with Crippen LogP contribution in [0.1, 0.15) is 41.5 Å². The van der Waals surface area contributed by atoms with Crippen LogP contribution in [0, 0.1) is 0 Å². The van der Waals surface area contributed by atoms with Crippen LogP contribution in [0.15, 0.2) is 0 Å². The summed E-state index contributed by atoms with van der Waals surface area (Å²) in [5, 5.41) is 0. The van der Waals surface area contributed by atoms with Gasteiger partial charge < -0.3 is 18.9 Å². The fourth-order valence-corrected chi connectivity index (χ4v) is 1.25. The minimum atomic E-state index is -0.809. The number of amides is 2. The molecule has 7 heteroatoms. The number of imide groups is 1. The van der Waals surface area contributed by atoms with Crippen molar-refractivity contribution in [3.63, 3.8) is 0 Å². The Morgan fingerprint density at radius 3 is 1.43 bits per heavy atom. The molecular weight excluding hydrogens is 278 g/mol. The summed E-state index contributed by atoms with van der Waals surface area (Å²) in [6.07, 6.45) is -2.38. The van der Waals surface area contributed by atoms with Crippen LogP contribution < -0.4 is 0 Å². The van der Waals surface area contributed by atoms with Gasteiger partial charge in [-0.3, -0.25) is 0 Å². The van der Waals surface area contributed by atoms with E-state index >= 15 is 0 Å². The molecule has 0 aromatic carbocycles. The standard InChI is InChI=1S/C14H27NO6/c1-13(2,3)20-11(16)15(9-10(18-7)19-8)12(17)21-14(4,5)6/h10H,9H2,1-8H3. The van der Waals surface area contributed by atoms with Crippen molar-refractivity contribution in [1.29, 1.82) is 0 Å². The second-order valence-corrected chi connectivity index (χ2v) is 6.47. The molecule has 0 saturated carbocycles. The Labute approximate surface area is 126 Å². The highest BCUT2D eigenvalue weighted by atomic mass is 16.7. The van der Waals surface area contributed by atoms with Crippen LogP contribution in [-0.2, 0) is 18.9 Å². The van der Waals surface area contributed by atoms with Crippen molar-refractivity contribution in [1.82, 2.24) is 4.90 Å². The molecule has 0 radical (unpaired) electrons. The normalized spacial score (nSPS) is 12.2. The van der Waals surface area contributed by atoms with E-state index in [-0.39, 0.29) is 6.54 Å². The summed E-state index contributed by atoms with van der Waals surface area (Å²) < 4.78 is 20.4. The quantitative estimate of drug-likeness (QED) is 0.743. The van der Waals surface area contributed by atoms with Gasteiger partial charge in [0.1, 0.15) is 11.2 Å². The molecule has 0 aliphatic carbocycles. The predicted octanol–water partition coefficient (Wildman–Crippen LogP) is 2.78. The molecule has 0 aliphatic heterocycles. The Hall–Kier alpha value is -1.34. The number of carbonyl (C=O) groups excluding carboxylic acids is 2. The first-order valence-electron chi connectivity index (χ1n) is 6.68. The lowest BCUT2D eigenvalue weighted by molar-refractivity contribution is -0.115. The van der Waals surface area contributed by atoms with Gasteiger partial charge in [-0.1, -0.05) is 0 Å². The van der Waals surface area contributed by atoms with Gasteiger partial charge in [-0.15, -0.1) is 0 Å². The summed E-state index contributed by atoms with van der Waals surface area (Å²) in [5.41, 5.74) is -1.46. The Morgan fingerprint density at radius 2 is 1.19 bits per heavy atom. The van der Waals surface area contributed by atoms with Gasteiger partial charge in [0.05, 0.1) is 6.54 Å². The molecule has 0 fully saturated rings. The molecule has 0 aromatic rings. The third kappa shape index (κ3) is 8.52. The average Bonchev–Trinajstić information content (AvgIpc) is 2.25. The SMILES string of the molecule is COC(CN(C(=O)OC(C)(C)C)C(=O)OC(C)(C)C)OC. The van der Waals surface area contributed by atoms with E-state index in [0.717, 1.165) is 4.90 Å². The maximum atomic E-state index is 12.1. The molecule has 0 N–H and O–H groups in total. The van der Waals surface area contributed by atoms with Crippen molar-refractivity contribution < 1.29 is 28.5 Å². The summed E-state index contributed by atoms with van der Waals surface area (Å²) >= 11 is 0. The van der Waals surface area contributed by atoms with Crippen LogP contribution in [0.25, 0.3) is 0 Å². The van der Waals surface area contributed by atoms with E-state index in [1.165, 1.54) is 14.2 Å². The predicted molar refractivity (Wildman–Crippen MR) is 77.0 cm³/mol. The van der Waals surface area contributed by atoms with Crippen molar-refractivity contribution in [3.05, 3.63) is 0 Å². The highest BCUT2D eigenvalue weighted by Crippen LogP contribution is 2.15. The highest BCUT2D eigenvalue weighted by Gasteiger charge is 2.33. The molecule has 2 amide bonds. The molecule has 21 heavy (non-hydrogen) atoms. The molecule has 0 spiro atoms. The van der Waals surface area contributed by atoms with Crippen molar-refractivity contribution in [3.8, 4) is 0 Å². The summed E-state index contributed by atoms with van der Waals surface area (Å²) in [5.74, 6) is 0. The number of rotatable bonds is 4. The number of nitrogens with zero attached hydrogens (tertiary/aromatic N) is 1. The molecule has 0 aliphatic rings. The summed E-state index contributed by atoms with van der Waals surface area (Å²) in [4.78, 5) is 25.1. The topological polar surface area (TPSA) is 74.3 Å². The van der Waals surface area contributed by atoms with E-state index in [9.17, 15) is 9.59 Å². The molecule has 7 nitrogen and oxygen atoms in total. The third-order valence-electron chi connectivity index (χ3n) is 2.09. The first-order valence-corrected chi connectivity index (χ1v) is 6.68. The van der Waals surface area contributed by atoms with Gasteiger partial charge in [0.25, 0.3) is 0 Å². The first-order chi connectivity index (χ1) is 9.39. The zero-order valence-electron chi connectivity index (χ0n) is 14.2. The number of carbonyl (C=O) groups is 2. The molecule has 0 bridgehead atoms. The largest absolute Gasteiger partial charge is 0.443 e.